The molecule has 0 bridgehead atoms. The van der Waals surface area contributed by atoms with Gasteiger partial charge in [-0.1, -0.05) is 0 Å². The second kappa shape index (κ2) is 9.28. The summed E-state index contributed by atoms with van der Waals surface area (Å²) in [5.74, 6) is -2.70. The number of imide groups is 2. The van der Waals surface area contributed by atoms with Crippen molar-refractivity contribution < 1.29 is 42.5 Å². The standard InChI is InChI=1S/C30H20N2O9S/c1-15-11-18(5-9-25(15)33)42(39,40)19-6-10-26(34)24(14-19)32-29(37)21-8-4-17(13-23(21)30(32)38)41-16-3-7-20-22(12-16)28(36)31(2)27(20)35/h3-14,33-34H,1-2H3. The van der Waals surface area contributed by atoms with Crippen molar-refractivity contribution in [1.29, 1.82) is 0 Å². The van der Waals surface area contributed by atoms with Crippen molar-refractivity contribution >= 4 is 39.2 Å². The second-order valence-corrected chi connectivity index (χ2v) is 11.7. The van der Waals surface area contributed by atoms with E-state index in [1.54, 1.807) is 0 Å². The zero-order valence-electron chi connectivity index (χ0n) is 22.0. The number of hydrogen-bond donors (Lipinski definition) is 2. The van der Waals surface area contributed by atoms with E-state index in [1.807, 2.05) is 0 Å². The predicted octanol–water partition coefficient (Wildman–Crippen LogP) is 4.06. The molecular weight excluding hydrogens is 564 g/mol. The van der Waals surface area contributed by atoms with Gasteiger partial charge in [-0.05, 0) is 85.3 Å². The summed E-state index contributed by atoms with van der Waals surface area (Å²) in [5.41, 5.74) is 0.375. The third kappa shape index (κ3) is 3.99. The van der Waals surface area contributed by atoms with Crippen molar-refractivity contribution in [3.63, 3.8) is 0 Å². The molecule has 6 rings (SSSR count). The van der Waals surface area contributed by atoms with E-state index in [9.17, 15) is 37.8 Å². The van der Waals surface area contributed by atoms with Gasteiger partial charge in [-0.3, -0.25) is 24.1 Å². The molecule has 0 saturated carbocycles. The van der Waals surface area contributed by atoms with Gasteiger partial charge >= 0.3 is 0 Å². The van der Waals surface area contributed by atoms with Crippen LogP contribution in [0.15, 0.2) is 82.6 Å². The summed E-state index contributed by atoms with van der Waals surface area (Å²) in [6.45, 7) is 1.54. The third-order valence-corrected chi connectivity index (χ3v) is 8.88. The van der Waals surface area contributed by atoms with Crippen LogP contribution in [0.3, 0.4) is 0 Å². The maximum absolute atomic E-state index is 13.4. The van der Waals surface area contributed by atoms with Crippen LogP contribution < -0.4 is 9.64 Å². The van der Waals surface area contributed by atoms with Crippen molar-refractivity contribution in [3.8, 4) is 23.0 Å². The Kier molecular flexibility index (Phi) is 5.90. The quantitative estimate of drug-likeness (QED) is 0.330. The number of anilines is 1. The number of phenolic OH excluding ortho intramolecular Hbond substituents is 2. The maximum Gasteiger partial charge on any atom is 0.266 e. The van der Waals surface area contributed by atoms with E-state index in [0.717, 1.165) is 23.1 Å². The molecule has 0 saturated heterocycles. The summed E-state index contributed by atoms with van der Waals surface area (Å²) >= 11 is 0. The lowest BCUT2D eigenvalue weighted by Gasteiger charge is -2.17. The van der Waals surface area contributed by atoms with E-state index >= 15 is 0 Å². The van der Waals surface area contributed by atoms with E-state index in [0.29, 0.717) is 10.5 Å². The van der Waals surface area contributed by atoms with Crippen molar-refractivity contribution in [1.82, 2.24) is 4.90 Å². The number of aryl methyl sites for hydroxylation is 1. The molecule has 4 aromatic rings. The number of carbonyl (C=O) groups is 4. The van der Waals surface area contributed by atoms with Gasteiger partial charge in [-0.15, -0.1) is 0 Å². The topological polar surface area (TPSA) is 159 Å². The van der Waals surface area contributed by atoms with E-state index in [4.69, 9.17) is 4.74 Å². The molecule has 4 aromatic carbocycles. The average molecular weight is 585 g/mol. The smallest absolute Gasteiger partial charge is 0.266 e. The summed E-state index contributed by atoms with van der Waals surface area (Å²) < 4.78 is 32.4. The van der Waals surface area contributed by atoms with Crippen molar-refractivity contribution in [2.75, 3.05) is 11.9 Å². The molecule has 0 spiro atoms. The fourth-order valence-corrected chi connectivity index (χ4v) is 6.19. The number of nitrogens with zero attached hydrogens (tertiary/aromatic N) is 2. The predicted molar refractivity (Wildman–Crippen MR) is 147 cm³/mol. The number of hydrogen-bond acceptors (Lipinski definition) is 9. The van der Waals surface area contributed by atoms with Gasteiger partial charge in [0.25, 0.3) is 23.6 Å². The molecule has 12 heteroatoms. The molecule has 2 aliphatic heterocycles. The van der Waals surface area contributed by atoms with E-state index in [-0.39, 0.29) is 55.0 Å². The van der Waals surface area contributed by atoms with Gasteiger partial charge in [0.15, 0.2) is 0 Å². The Morgan fingerprint density at radius 1 is 0.619 bits per heavy atom. The first-order valence-corrected chi connectivity index (χ1v) is 13.9. The van der Waals surface area contributed by atoms with Crippen LogP contribution in [0.2, 0.25) is 0 Å². The van der Waals surface area contributed by atoms with Crippen LogP contribution in [0.4, 0.5) is 5.69 Å². The highest BCUT2D eigenvalue weighted by molar-refractivity contribution is 7.91. The fraction of sp³-hybridized carbons (Fsp3) is 0.0667. The highest BCUT2D eigenvalue weighted by atomic mass is 32.2. The molecule has 0 radical (unpaired) electrons. The van der Waals surface area contributed by atoms with Gasteiger partial charge in [0.05, 0.1) is 37.7 Å². The van der Waals surface area contributed by atoms with Crippen molar-refractivity contribution in [2.45, 2.75) is 16.7 Å². The highest BCUT2D eigenvalue weighted by Crippen LogP contribution is 2.39. The Balaban J connectivity index is 1.32. The lowest BCUT2D eigenvalue weighted by molar-refractivity contribution is 0.0692. The minimum absolute atomic E-state index is 0.00511. The van der Waals surface area contributed by atoms with Gasteiger partial charge in [0.1, 0.15) is 23.0 Å². The van der Waals surface area contributed by atoms with Crippen LogP contribution in [0.25, 0.3) is 0 Å². The number of phenols is 2. The monoisotopic (exact) mass is 584 g/mol. The zero-order valence-corrected chi connectivity index (χ0v) is 22.8. The van der Waals surface area contributed by atoms with Gasteiger partial charge in [-0.25, -0.2) is 13.3 Å². The minimum Gasteiger partial charge on any atom is -0.508 e. The third-order valence-electron chi connectivity index (χ3n) is 7.13. The van der Waals surface area contributed by atoms with Crippen molar-refractivity contribution in [3.05, 3.63) is 101 Å². The summed E-state index contributed by atoms with van der Waals surface area (Å²) in [4.78, 5) is 52.4. The number of benzene rings is 4. The molecule has 2 aliphatic rings. The molecule has 2 N–H and O–H groups in total. The van der Waals surface area contributed by atoms with Crippen LogP contribution in [-0.2, 0) is 9.84 Å². The molecule has 11 nitrogen and oxygen atoms in total. The molecule has 0 unspecified atom stereocenters. The molecule has 42 heavy (non-hydrogen) atoms. The Morgan fingerprint density at radius 2 is 1.12 bits per heavy atom. The summed E-state index contributed by atoms with van der Waals surface area (Å²) in [7, 11) is -2.77. The van der Waals surface area contributed by atoms with Crippen LogP contribution in [0, 0.1) is 6.92 Å². The number of sulfone groups is 1. The molecule has 0 atom stereocenters. The molecule has 0 fully saturated rings. The first-order valence-electron chi connectivity index (χ1n) is 12.4. The van der Waals surface area contributed by atoms with Crippen LogP contribution in [0.1, 0.15) is 47.0 Å². The van der Waals surface area contributed by atoms with Crippen molar-refractivity contribution in [2.24, 2.45) is 0 Å². The van der Waals surface area contributed by atoms with E-state index in [1.165, 1.54) is 68.6 Å². The first kappa shape index (κ1) is 26.7. The molecule has 2 heterocycles. The number of amides is 4. The van der Waals surface area contributed by atoms with Gasteiger partial charge in [0, 0.05) is 7.05 Å². The van der Waals surface area contributed by atoms with Crippen LogP contribution in [0.5, 0.6) is 23.0 Å². The number of ether oxygens (including phenoxy) is 1. The van der Waals surface area contributed by atoms with Gasteiger partial charge < -0.3 is 14.9 Å². The summed E-state index contributed by atoms with van der Waals surface area (Å²) in [6, 6.07) is 15.5. The number of aromatic hydroxyl groups is 2. The number of fused-ring (bicyclic) bond motifs is 2. The number of carbonyl (C=O) groups excluding carboxylic acids is 4. The Bertz CT molecular complexity index is 2020. The highest BCUT2D eigenvalue weighted by Gasteiger charge is 2.39. The summed E-state index contributed by atoms with van der Waals surface area (Å²) in [5, 5.41) is 20.3. The molecule has 0 aromatic heterocycles. The first-order chi connectivity index (χ1) is 19.9. The Morgan fingerprint density at radius 3 is 1.74 bits per heavy atom. The Labute approximate surface area is 238 Å². The normalized spacial score (nSPS) is 14.4. The molecule has 4 amide bonds. The lowest BCUT2D eigenvalue weighted by Crippen LogP contribution is -2.29. The Hall–Kier alpha value is -5.49. The van der Waals surface area contributed by atoms with Crippen LogP contribution in [-0.4, -0.2) is 54.2 Å². The minimum atomic E-state index is -4.15. The SMILES string of the molecule is Cc1cc(S(=O)(=O)c2ccc(O)c(N3C(=O)c4ccc(Oc5ccc6c(c5)C(=O)N(C)C6=O)cc4C3=O)c2)ccc1O. The number of rotatable bonds is 5. The van der Waals surface area contributed by atoms with E-state index < -0.39 is 39.2 Å². The zero-order chi connectivity index (χ0) is 30.1. The lowest BCUT2D eigenvalue weighted by atomic mass is 10.1. The molecule has 0 aliphatic carbocycles. The average Bonchev–Trinajstić information content (AvgIpc) is 3.33. The molecular formula is C30H20N2O9S. The fourth-order valence-electron chi connectivity index (χ4n) is 4.82. The largest absolute Gasteiger partial charge is 0.508 e. The summed E-state index contributed by atoms with van der Waals surface area (Å²) in [6.07, 6.45) is 0. The van der Waals surface area contributed by atoms with E-state index in [2.05, 4.69) is 0 Å². The van der Waals surface area contributed by atoms with Gasteiger partial charge in [-0.2, -0.15) is 0 Å². The van der Waals surface area contributed by atoms with Gasteiger partial charge in [0.2, 0.25) is 9.84 Å². The van der Waals surface area contributed by atoms with Crippen LogP contribution >= 0.6 is 0 Å². The molecule has 210 valence electrons. The second-order valence-electron chi connectivity index (χ2n) is 9.73. The maximum atomic E-state index is 13.4.